The molecule has 0 fully saturated rings. The second kappa shape index (κ2) is 13.8. The zero-order valence-corrected chi connectivity index (χ0v) is 17.5. The van der Waals surface area contributed by atoms with Crippen molar-refractivity contribution in [1.29, 1.82) is 0 Å². The van der Waals surface area contributed by atoms with Crippen molar-refractivity contribution in [3.8, 4) is 5.75 Å². The van der Waals surface area contributed by atoms with E-state index in [0.29, 0.717) is 0 Å². The molecule has 0 amide bonds. The predicted molar refractivity (Wildman–Crippen MR) is 109 cm³/mol. The molecule has 0 bridgehead atoms. The summed E-state index contributed by atoms with van der Waals surface area (Å²) in [5, 5.41) is -0.802. The van der Waals surface area contributed by atoms with Crippen molar-refractivity contribution in [2.45, 2.75) is 76.3 Å². The number of benzene rings is 1. The van der Waals surface area contributed by atoms with E-state index in [9.17, 15) is 0 Å². The van der Waals surface area contributed by atoms with Crippen molar-refractivity contribution in [3.63, 3.8) is 0 Å². The second-order valence-corrected chi connectivity index (χ2v) is 8.60. The Morgan fingerprint density at radius 3 is 2.29 bits per heavy atom. The summed E-state index contributed by atoms with van der Waals surface area (Å²) in [7, 11) is 1.01. The lowest BCUT2D eigenvalue weighted by atomic mass is 10.0. The molecular weight excluding hydrogens is 355 g/mol. The van der Waals surface area contributed by atoms with E-state index in [1.165, 1.54) is 62.1 Å². The summed E-state index contributed by atoms with van der Waals surface area (Å²) < 4.78 is 5.43. The van der Waals surface area contributed by atoms with Gasteiger partial charge in [-0.1, -0.05) is 91.5 Å². The highest BCUT2D eigenvalue weighted by molar-refractivity contribution is 6.43. The van der Waals surface area contributed by atoms with Crippen molar-refractivity contribution in [2.75, 3.05) is 0 Å². The molecular formula is C20H30Cl2OSi. The molecule has 0 N–H and O–H groups in total. The number of ether oxygens (including phenoxy) is 1. The molecule has 1 aromatic rings. The van der Waals surface area contributed by atoms with Crippen LogP contribution in [0, 0.1) is 0 Å². The lowest BCUT2D eigenvalue weighted by Crippen LogP contribution is -2.02. The van der Waals surface area contributed by atoms with Crippen LogP contribution in [0.5, 0.6) is 5.75 Å². The summed E-state index contributed by atoms with van der Waals surface area (Å²) in [4.78, 5) is 0. The quantitative estimate of drug-likeness (QED) is 0.199. The first-order valence-corrected chi connectivity index (χ1v) is 11.1. The van der Waals surface area contributed by atoms with Crippen LogP contribution >= 0.6 is 23.2 Å². The standard InChI is InChI=1S/C20H30Cl2OSi/c1-17(2)16-24-15-11-7-5-3-4-6-8-12-18-13-9-10-14-19(18)23-20(21)22/h9-10,13-14,16,20H,3-8,11-12,15H2,1-2H3. The summed E-state index contributed by atoms with van der Waals surface area (Å²) in [5.41, 5.74) is 5.02. The van der Waals surface area contributed by atoms with Crippen molar-refractivity contribution in [1.82, 2.24) is 0 Å². The van der Waals surface area contributed by atoms with Gasteiger partial charge in [-0.3, -0.25) is 0 Å². The van der Waals surface area contributed by atoms with E-state index < -0.39 is 5.02 Å². The van der Waals surface area contributed by atoms with E-state index in [2.05, 4.69) is 25.6 Å². The minimum atomic E-state index is -0.802. The van der Waals surface area contributed by atoms with Crippen LogP contribution in [-0.2, 0) is 6.42 Å². The normalized spacial score (nSPS) is 10.9. The lowest BCUT2D eigenvalue weighted by Gasteiger charge is -2.11. The first kappa shape index (κ1) is 21.6. The van der Waals surface area contributed by atoms with Gasteiger partial charge in [0.15, 0.2) is 0 Å². The Kier molecular flexibility index (Phi) is 12.4. The average Bonchev–Trinajstić information content (AvgIpc) is 2.53. The minimum Gasteiger partial charge on any atom is -0.460 e. The Bertz CT molecular complexity index is 470. The van der Waals surface area contributed by atoms with Gasteiger partial charge in [-0.2, -0.15) is 0 Å². The molecule has 0 unspecified atom stereocenters. The Balaban J connectivity index is 2.04. The topological polar surface area (TPSA) is 9.23 Å². The van der Waals surface area contributed by atoms with Gasteiger partial charge in [0.05, 0.1) is 9.52 Å². The fourth-order valence-electron chi connectivity index (χ4n) is 2.62. The van der Waals surface area contributed by atoms with Gasteiger partial charge in [-0.15, -0.1) is 5.70 Å². The molecule has 24 heavy (non-hydrogen) atoms. The van der Waals surface area contributed by atoms with Crippen LogP contribution in [0.3, 0.4) is 0 Å². The number of rotatable bonds is 13. The van der Waals surface area contributed by atoms with Crippen LogP contribution in [0.25, 0.3) is 0 Å². The maximum absolute atomic E-state index is 5.70. The molecule has 4 heteroatoms. The highest BCUT2D eigenvalue weighted by Gasteiger charge is 2.06. The molecule has 1 aromatic carbocycles. The zero-order valence-electron chi connectivity index (χ0n) is 15.0. The van der Waals surface area contributed by atoms with Crippen LogP contribution in [-0.4, -0.2) is 14.5 Å². The predicted octanol–water partition coefficient (Wildman–Crippen LogP) is 7.15. The monoisotopic (exact) mass is 384 g/mol. The van der Waals surface area contributed by atoms with Gasteiger partial charge in [0, 0.05) is 0 Å². The zero-order chi connectivity index (χ0) is 17.6. The highest BCUT2D eigenvalue weighted by Crippen LogP contribution is 2.23. The minimum absolute atomic E-state index is 0.802. The van der Waals surface area contributed by atoms with E-state index >= 15 is 0 Å². The number of aryl methyl sites for hydroxylation is 1. The van der Waals surface area contributed by atoms with Gasteiger partial charge < -0.3 is 4.74 Å². The van der Waals surface area contributed by atoms with E-state index in [1.807, 2.05) is 18.2 Å². The third-order valence-electron chi connectivity index (χ3n) is 3.85. The van der Waals surface area contributed by atoms with Crippen LogP contribution in [0.1, 0.15) is 64.4 Å². The van der Waals surface area contributed by atoms with E-state index in [0.717, 1.165) is 21.7 Å². The molecule has 0 saturated heterocycles. The molecule has 1 nitrogen and oxygen atoms in total. The van der Waals surface area contributed by atoms with E-state index in [1.54, 1.807) is 0 Å². The number of unbranched alkanes of at least 4 members (excludes halogenated alkanes) is 6. The van der Waals surface area contributed by atoms with Crippen LogP contribution in [0.2, 0.25) is 6.04 Å². The molecule has 2 radical (unpaired) electrons. The third-order valence-corrected chi connectivity index (χ3v) is 5.45. The van der Waals surface area contributed by atoms with Crippen molar-refractivity contribution in [3.05, 3.63) is 41.1 Å². The molecule has 0 atom stereocenters. The number of hydrogen-bond acceptors (Lipinski definition) is 1. The largest absolute Gasteiger partial charge is 0.460 e. The number of para-hydroxylation sites is 1. The maximum atomic E-state index is 5.70. The van der Waals surface area contributed by atoms with Gasteiger partial charge >= 0.3 is 0 Å². The molecule has 0 aromatic heterocycles. The fourth-order valence-corrected chi connectivity index (χ4v) is 3.82. The summed E-state index contributed by atoms with van der Waals surface area (Å²) in [6, 6.07) is 9.38. The van der Waals surface area contributed by atoms with Crippen molar-refractivity contribution < 1.29 is 4.74 Å². The van der Waals surface area contributed by atoms with E-state index in [-0.39, 0.29) is 0 Å². The van der Waals surface area contributed by atoms with Gasteiger partial charge in [0.25, 0.3) is 0 Å². The molecule has 0 aliphatic rings. The van der Waals surface area contributed by atoms with Crippen LogP contribution in [0.15, 0.2) is 35.5 Å². The van der Waals surface area contributed by atoms with Crippen molar-refractivity contribution in [2.24, 2.45) is 0 Å². The SMILES string of the molecule is CC(C)=C[Si]CCCCCCCCCc1ccccc1OC(Cl)Cl. The molecule has 0 spiro atoms. The van der Waals surface area contributed by atoms with E-state index in [4.69, 9.17) is 27.9 Å². The van der Waals surface area contributed by atoms with Gasteiger partial charge in [-0.25, -0.2) is 0 Å². The number of hydrogen-bond donors (Lipinski definition) is 0. The maximum Gasteiger partial charge on any atom is 0.247 e. The van der Waals surface area contributed by atoms with Crippen LogP contribution in [0.4, 0.5) is 0 Å². The van der Waals surface area contributed by atoms with Gasteiger partial charge in [0.1, 0.15) is 5.75 Å². The molecule has 0 saturated carbocycles. The number of alkyl halides is 2. The summed E-state index contributed by atoms with van der Waals surface area (Å²) >= 11 is 11.4. The highest BCUT2D eigenvalue weighted by atomic mass is 35.5. The molecule has 1 rings (SSSR count). The summed E-state index contributed by atoms with van der Waals surface area (Å²) in [5.74, 6) is 0.810. The lowest BCUT2D eigenvalue weighted by molar-refractivity contribution is 0.349. The van der Waals surface area contributed by atoms with Crippen molar-refractivity contribution >= 4 is 32.7 Å². The summed E-state index contributed by atoms with van der Waals surface area (Å²) in [6.07, 6.45) is 10.3. The third kappa shape index (κ3) is 11.2. The first-order valence-electron chi connectivity index (χ1n) is 8.99. The smallest absolute Gasteiger partial charge is 0.247 e. The average molecular weight is 385 g/mol. The number of allylic oxidation sites excluding steroid dienone is 1. The Labute approximate surface area is 160 Å². The summed E-state index contributed by atoms with van der Waals surface area (Å²) in [6.45, 7) is 4.36. The Morgan fingerprint density at radius 1 is 1.00 bits per heavy atom. The van der Waals surface area contributed by atoms with Gasteiger partial charge in [-0.05, 0) is 38.3 Å². The Hall–Kier alpha value is -0.443. The second-order valence-electron chi connectivity index (χ2n) is 6.39. The fraction of sp³-hybridized carbons (Fsp3) is 0.600. The molecule has 0 heterocycles. The number of halogens is 2. The van der Waals surface area contributed by atoms with Gasteiger partial charge in [0.2, 0.25) is 5.02 Å². The van der Waals surface area contributed by atoms with Crippen LogP contribution < -0.4 is 4.74 Å². The first-order chi connectivity index (χ1) is 11.6. The Morgan fingerprint density at radius 2 is 1.62 bits per heavy atom. The molecule has 0 aliphatic carbocycles. The molecule has 0 aliphatic heterocycles. The molecule has 134 valence electrons.